The third-order valence-corrected chi connectivity index (χ3v) is 4.31. The highest BCUT2D eigenvalue weighted by atomic mass is 32.2. The number of hydrogen-bond acceptors (Lipinski definition) is 3. The van der Waals surface area contributed by atoms with Crippen LogP contribution in [0.5, 0.6) is 0 Å². The Morgan fingerprint density at radius 1 is 1.38 bits per heavy atom. The first kappa shape index (κ1) is 15.9. The van der Waals surface area contributed by atoms with Gasteiger partial charge in [-0.05, 0) is 37.5 Å². The Hall–Kier alpha value is -1.49. The van der Waals surface area contributed by atoms with Crippen LogP contribution in [0.15, 0.2) is 18.2 Å². The van der Waals surface area contributed by atoms with Gasteiger partial charge in [0.25, 0.3) is 0 Å². The largest absolute Gasteiger partial charge is 0.478 e. The first-order valence-electron chi connectivity index (χ1n) is 7.20. The van der Waals surface area contributed by atoms with E-state index >= 15 is 0 Å². The second-order valence-corrected chi connectivity index (χ2v) is 6.59. The van der Waals surface area contributed by atoms with Gasteiger partial charge < -0.3 is 9.67 Å². The molecule has 1 N–H and O–H groups in total. The monoisotopic (exact) mass is 306 g/mol. The molecule has 1 aromatic carbocycles. The minimum Gasteiger partial charge on any atom is -0.478 e. The summed E-state index contributed by atoms with van der Waals surface area (Å²) in [7, 11) is 0. The van der Waals surface area contributed by atoms with Crippen molar-refractivity contribution in [2.45, 2.75) is 39.2 Å². The molecule has 1 aromatic heterocycles. The number of rotatable bonds is 6. The SMILES string of the molecule is CSCCC(C)n1c(C(C)C)nc2cccc(C(=O)O)c21. The van der Waals surface area contributed by atoms with Gasteiger partial charge in [-0.3, -0.25) is 0 Å². The van der Waals surface area contributed by atoms with Crippen molar-refractivity contribution >= 4 is 28.8 Å². The quantitative estimate of drug-likeness (QED) is 0.870. The van der Waals surface area contributed by atoms with E-state index in [4.69, 9.17) is 0 Å². The topological polar surface area (TPSA) is 55.1 Å². The number of hydrogen-bond donors (Lipinski definition) is 1. The summed E-state index contributed by atoms with van der Waals surface area (Å²) in [6, 6.07) is 5.56. The Morgan fingerprint density at radius 2 is 2.10 bits per heavy atom. The number of nitrogens with zero attached hydrogens (tertiary/aromatic N) is 2. The van der Waals surface area contributed by atoms with Crippen molar-refractivity contribution in [3.63, 3.8) is 0 Å². The maximum atomic E-state index is 11.5. The lowest BCUT2D eigenvalue weighted by molar-refractivity contribution is 0.0698. The Labute approximate surface area is 129 Å². The van der Waals surface area contributed by atoms with Crippen LogP contribution in [0, 0.1) is 0 Å². The number of carbonyl (C=O) groups is 1. The van der Waals surface area contributed by atoms with Gasteiger partial charge in [0.1, 0.15) is 5.82 Å². The van der Waals surface area contributed by atoms with Crippen LogP contribution in [-0.2, 0) is 0 Å². The number of carboxylic acids is 1. The average molecular weight is 306 g/mol. The number of thioether (sulfide) groups is 1. The van der Waals surface area contributed by atoms with Gasteiger partial charge >= 0.3 is 5.97 Å². The van der Waals surface area contributed by atoms with E-state index in [-0.39, 0.29) is 12.0 Å². The zero-order valence-corrected chi connectivity index (χ0v) is 13.8. The summed E-state index contributed by atoms with van der Waals surface area (Å²) in [5, 5.41) is 9.47. The standard InChI is InChI=1S/C16H22N2O2S/c1-10(2)15-17-13-7-5-6-12(16(19)20)14(13)18(15)11(3)8-9-21-4/h5-7,10-11H,8-9H2,1-4H3,(H,19,20). The molecule has 1 heterocycles. The Bertz CT molecular complexity index is 649. The lowest BCUT2D eigenvalue weighted by Gasteiger charge is -2.19. The van der Waals surface area contributed by atoms with Crippen LogP contribution in [0.3, 0.4) is 0 Å². The molecule has 0 aliphatic rings. The molecule has 0 saturated heterocycles. The highest BCUT2D eigenvalue weighted by molar-refractivity contribution is 7.98. The summed E-state index contributed by atoms with van der Waals surface area (Å²) in [4.78, 5) is 16.2. The van der Waals surface area contributed by atoms with Crippen LogP contribution in [0.1, 0.15) is 55.3 Å². The summed E-state index contributed by atoms with van der Waals surface area (Å²) < 4.78 is 2.12. The van der Waals surface area contributed by atoms with Crippen LogP contribution in [0.2, 0.25) is 0 Å². The van der Waals surface area contributed by atoms with Crippen molar-refractivity contribution < 1.29 is 9.90 Å². The zero-order chi connectivity index (χ0) is 15.6. The van der Waals surface area contributed by atoms with E-state index in [1.807, 2.05) is 17.8 Å². The molecule has 0 fully saturated rings. The molecule has 0 saturated carbocycles. The minimum atomic E-state index is -0.894. The molecule has 1 atom stereocenters. The lowest BCUT2D eigenvalue weighted by atomic mass is 10.1. The van der Waals surface area contributed by atoms with Gasteiger partial charge in [-0.1, -0.05) is 19.9 Å². The molecule has 0 amide bonds. The number of aromatic nitrogens is 2. The predicted molar refractivity (Wildman–Crippen MR) is 88.5 cm³/mol. The van der Waals surface area contributed by atoms with Crippen LogP contribution in [0.4, 0.5) is 0 Å². The molecular weight excluding hydrogens is 284 g/mol. The van der Waals surface area contributed by atoms with Crippen LogP contribution < -0.4 is 0 Å². The number of aromatic carboxylic acids is 1. The second kappa shape index (κ2) is 6.52. The second-order valence-electron chi connectivity index (χ2n) is 5.60. The summed E-state index contributed by atoms with van der Waals surface area (Å²) in [5.74, 6) is 1.38. The molecule has 0 spiro atoms. The molecule has 114 valence electrons. The fraction of sp³-hybridized carbons (Fsp3) is 0.500. The van der Waals surface area contributed by atoms with Crippen LogP contribution >= 0.6 is 11.8 Å². The molecule has 21 heavy (non-hydrogen) atoms. The molecule has 2 aromatic rings. The van der Waals surface area contributed by atoms with E-state index in [2.05, 4.69) is 36.6 Å². The molecule has 2 rings (SSSR count). The average Bonchev–Trinajstić information content (AvgIpc) is 2.84. The normalized spacial score (nSPS) is 13.0. The number of imidazole rings is 1. The molecule has 0 radical (unpaired) electrons. The van der Waals surface area contributed by atoms with Crippen molar-refractivity contribution in [2.75, 3.05) is 12.0 Å². The first-order valence-corrected chi connectivity index (χ1v) is 8.59. The number of fused-ring (bicyclic) bond motifs is 1. The molecule has 4 nitrogen and oxygen atoms in total. The zero-order valence-electron chi connectivity index (χ0n) is 13.0. The van der Waals surface area contributed by atoms with Gasteiger partial charge in [0.15, 0.2) is 0 Å². The van der Waals surface area contributed by atoms with Crippen LogP contribution in [-0.4, -0.2) is 32.6 Å². The third-order valence-electron chi connectivity index (χ3n) is 3.66. The fourth-order valence-corrected chi connectivity index (χ4v) is 3.19. The lowest BCUT2D eigenvalue weighted by Crippen LogP contribution is -2.13. The highest BCUT2D eigenvalue weighted by Gasteiger charge is 2.22. The number of benzene rings is 1. The highest BCUT2D eigenvalue weighted by Crippen LogP contribution is 2.30. The van der Waals surface area contributed by atoms with Gasteiger partial charge in [-0.25, -0.2) is 9.78 Å². The summed E-state index contributed by atoms with van der Waals surface area (Å²) in [6.07, 6.45) is 3.09. The van der Waals surface area contributed by atoms with Crippen LogP contribution in [0.25, 0.3) is 11.0 Å². The third kappa shape index (κ3) is 3.07. The number of para-hydroxylation sites is 1. The Balaban J connectivity index is 2.68. The fourth-order valence-electron chi connectivity index (χ4n) is 2.61. The molecular formula is C16H22N2O2S. The summed E-state index contributed by atoms with van der Waals surface area (Å²) >= 11 is 1.81. The van der Waals surface area contributed by atoms with E-state index < -0.39 is 5.97 Å². The van der Waals surface area contributed by atoms with Crippen molar-refractivity contribution in [1.82, 2.24) is 9.55 Å². The van der Waals surface area contributed by atoms with Crippen molar-refractivity contribution in [3.05, 3.63) is 29.6 Å². The summed E-state index contributed by atoms with van der Waals surface area (Å²) in [6.45, 7) is 6.33. The smallest absolute Gasteiger partial charge is 0.337 e. The maximum absolute atomic E-state index is 11.5. The Kier molecular flexibility index (Phi) is 4.93. The maximum Gasteiger partial charge on any atom is 0.337 e. The van der Waals surface area contributed by atoms with Gasteiger partial charge in [-0.2, -0.15) is 11.8 Å². The van der Waals surface area contributed by atoms with Crippen molar-refractivity contribution in [1.29, 1.82) is 0 Å². The predicted octanol–water partition coefficient (Wildman–Crippen LogP) is 4.17. The Morgan fingerprint density at radius 3 is 2.67 bits per heavy atom. The van der Waals surface area contributed by atoms with E-state index in [0.29, 0.717) is 5.56 Å². The van der Waals surface area contributed by atoms with Gasteiger partial charge in [-0.15, -0.1) is 0 Å². The van der Waals surface area contributed by atoms with Gasteiger partial charge in [0.05, 0.1) is 16.6 Å². The van der Waals surface area contributed by atoms with E-state index in [1.54, 1.807) is 12.1 Å². The van der Waals surface area contributed by atoms with E-state index in [9.17, 15) is 9.90 Å². The first-order chi connectivity index (χ1) is 9.97. The van der Waals surface area contributed by atoms with E-state index in [0.717, 1.165) is 29.0 Å². The van der Waals surface area contributed by atoms with E-state index in [1.165, 1.54) is 0 Å². The van der Waals surface area contributed by atoms with Crippen molar-refractivity contribution in [2.24, 2.45) is 0 Å². The van der Waals surface area contributed by atoms with Gasteiger partial charge in [0, 0.05) is 12.0 Å². The molecule has 5 heteroatoms. The summed E-state index contributed by atoms with van der Waals surface area (Å²) in [5.41, 5.74) is 1.86. The van der Waals surface area contributed by atoms with Crippen molar-refractivity contribution in [3.8, 4) is 0 Å². The molecule has 1 unspecified atom stereocenters. The minimum absolute atomic E-state index is 0.236. The van der Waals surface area contributed by atoms with Gasteiger partial charge in [0.2, 0.25) is 0 Å². The molecule has 0 aliphatic carbocycles. The molecule has 0 bridgehead atoms. The molecule has 0 aliphatic heterocycles. The number of carboxylic acid groups (broad SMARTS) is 1.